The molecule has 6 nitrogen and oxygen atoms in total. The number of carbonyl (C=O) groups is 1. The van der Waals surface area contributed by atoms with E-state index in [1.165, 1.54) is 5.56 Å². The molecule has 0 saturated heterocycles. The molecule has 0 spiro atoms. The summed E-state index contributed by atoms with van der Waals surface area (Å²) >= 11 is 0. The molecule has 6 heteroatoms. The zero-order chi connectivity index (χ0) is 16.6. The lowest BCUT2D eigenvalue weighted by Gasteiger charge is -2.28. The molecule has 0 radical (unpaired) electrons. The van der Waals surface area contributed by atoms with Gasteiger partial charge in [-0.1, -0.05) is 36.2 Å². The van der Waals surface area contributed by atoms with Gasteiger partial charge in [-0.05, 0) is 30.9 Å². The average molecular weight is 326 g/mol. The van der Waals surface area contributed by atoms with Crippen molar-refractivity contribution in [3.63, 3.8) is 0 Å². The third-order valence-corrected chi connectivity index (χ3v) is 5.15. The fraction of sp³-hybridized carbons (Fsp3) is 0.500. The van der Waals surface area contributed by atoms with Gasteiger partial charge in [0.1, 0.15) is 0 Å². The third-order valence-electron chi connectivity index (χ3n) is 5.15. The highest BCUT2D eigenvalue weighted by atomic mass is 16.5. The third kappa shape index (κ3) is 2.71. The Hall–Kier alpha value is -2.21. The highest BCUT2D eigenvalue weighted by Gasteiger charge is 2.36. The number of fused-ring (bicyclic) bond motifs is 1. The van der Waals surface area contributed by atoms with E-state index >= 15 is 0 Å². The molecule has 1 amide bonds. The molecule has 2 N–H and O–H groups in total. The van der Waals surface area contributed by atoms with Gasteiger partial charge in [0, 0.05) is 25.1 Å². The minimum atomic E-state index is -0.435. The molecule has 0 bridgehead atoms. The first-order chi connectivity index (χ1) is 11.7. The van der Waals surface area contributed by atoms with Crippen molar-refractivity contribution in [2.45, 2.75) is 50.5 Å². The van der Waals surface area contributed by atoms with Crippen LogP contribution in [0.5, 0.6) is 0 Å². The standard InChI is InChI=1S/C18H22N4O2/c19-18(10-3-4-11-18)17-20-15(24-21-17)9-12-22-14-6-2-1-5-13(14)7-8-16(22)23/h1-2,5-6H,3-4,7-12,19H2. The second-order valence-corrected chi connectivity index (χ2v) is 6.80. The van der Waals surface area contributed by atoms with E-state index < -0.39 is 5.54 Å². The average Bonchev–Trinajstić information content (AvgIpc) is 3.24. The maximum absolute atomic E-state index is 12.3. The van der Waals surface area contributed by atoms with Crippen LogP contribution in [0.3, 0.4) is 0 Å². The van der Waals surface area contributed by atoms with Crippen LogP contribution >= 0.6 is 0 Å². The van der Waals surface area contributed by atoms with E-state index in [2.05, 4.69) is 16.2 Å². The Morgan fingerprint density at radius 1 is 1.21 bits per heavy atom. The van der Waals surface area contributed by atoms with E-state index in [9.17, 15) is 4.79 Å². The number of anilines is 1. The maximum atomic E-state index is 12.3. The molecule has 1 aromatic carbocycles. The maximum Gasteiger partial charge on any atom is 0.228 e. The molecular formula is C18H22N4O2. The number of rotatable bonds is 4. The summed E-state index contributed by atoms with van der Waals surface area (Å²) in [5, 5.41) is 4.08. The summed E-state index contributed by atoms with van der Waals surface area (Å²) < 4.78 is 5.38. The second kappa shape index (κ2) is 6.02. The van der Waals surface area contributed by atoms with E-state index in [-0.39, 0.29) is 5.91 Å². The SMILES string of the molecule is NC1(c2noc(CCN3C(=O)CCc4ccccc43)n2)CCCC1. The van der Waals surface area contributed by atoms with Crippen LogP contribution in [0.25, 0.3) is 0 Å². The van der Waals surface area contributed by atoms with Crippen molar-refractivity contribution in [1.82, 2.24) is 10.1 Å². The van der Waals surface area contributed by atoms with Gasteiger partial charge in [0.25, 0.3) is 0 Å². The minimum Gasteiger partial charge on any atom is -0.339 e. The molecule has 1 saturated carbocycles. The van der Waals surface area contributed by atoms with Gasteiger partial charge in [0.2, 0.25) is 11.8 Å². The Morgan fingerprint density at radius 3 is 2.83 bits per heavy atom. The summed E-state index contributed by atoms with van der Waals surface area (Å²) in [6.45, 7) is 0.551. The van der Waals surface area contributed by atoms with Crippen molar-refractivity contribution in [3.05, 3.63) is 41.5 Å². The molecule has 126 valence electrons. The Kier molecular flexibility index (Phi) is 3.84. The van der Waals surface area contributed by atoms with Crippen molar-refractivity contribution in [3.8, 4) is 0 Å². The predicted octanol–water partition coefficient (Wildman–Crippen LogP) is 2.32. The first-order valence-corrected chi connectivity index (χ1v) is 8.66. The van der Waals surface area contributed by atoms with Gasteiger partial charge in [-0.2, -0.15) is 4.98 Å². The molecule has 1 fully saturated rings. The normalized spacial score (nSPS) is 19.5. The van der Waals surface area contributed by atoms with Crippen LogP contribution in [0, 0.1) is 0 Å². The van der Waals surface area contributed by atoms with Crippen LogP contribution in [-0.4, -0.2) is 22.6 Å². The van der Waals surface area contributed by atoms with Crippen LogP contribution in [0.1, 0.15) is 49.4 Å². The second-order valence-electron chi connectivity index (χ2n) is 6.80. The topological polar surface area (TPSA) is 85.2 Å². The van der Waals surface area contributed by atoms with Crippen molar-refractivity contribution >= 4 is 11.6 Å². The summed E-state index contributed by atoms with van der Waals surface area (Å²) in [6, 6.07) is 8.06. The van der Waals surface area contributed by atoms with Crippen LogP contribution in [0.15, 0.2) is 28.8 Å². The van der Waals surface area contributed by atoms with Gasteiger partial charge in [0.15, 0.2) is 5.82 Å². The zero-order valence-corrected chi connectivity index (χ0v) is 13.7. The molecule has 2 heterocycles. The highest BCUT2D eigenvalue weighted by Crippen LogP contribution is 2.34. The molecule has 2 aromatic rings. The van der Waals surface area contributed by atoms with E-state index in [0.717, 1.165) is 37.8 Å². The van der Waals surface area contributed by atoms with Crippen LogP contribution < -0.4 is 10.6 Å². The Bertz CT molecular complexity index is 749. The van der Waals surface area contributed by atoms with Gasteiger partial charge in [-0.15, -0.1) is 0 Å². The Morgan fingerprint density at radius 2 is 2.00 bits per heavy atom. The van der Waals surface area contributed by atoms with Gasteiger partial charge in [0.05, 0.1) is 5.54 Å². The fourth-order valence-electron chi connectivity index (χ4n) is 3.74. The van der Waals surface area contributed by atoms with E-state index in [0.29, 0.717) is 31.1 Å². The van der Waals surface area contributed by atoms with Gasteiger partial charge in [-0.3, -0.25) is 4.79 Å². The molecule has 2 aliphatic rings. The Labute approximate surface area is 141 Å². The molecule has 1 aliphatic carbocycles. The molecule has 1 aromatic heterocycles. The number of para-hydroxylation sites is 1. The first-order valence-electron chi connectivity index (χ1n) is 8.66. The number of nitrogens with zero attached hydrogens (tertiary/aromatic N) is 3. The van der Waals surface area contributed by atoms with Crippen LogP contribution in [-0.2, 0) is 23.2 Å². The van der Waals surface area contributed by atoms with Gasteiger partial charge in [-0.25, -0.2) is 0 Å². The Balaban J connectivity index is 1.48. The molecule has 24 heavy (non-hydrogen) atoms. The van der Waals surface area contributed by atoms with Crippen molar-refractivity contribution in [1.29, 1.82) is 0 Å². The summed E-state index contributed by atoms with van der Waals surface area (Å²) in [4.78, 5) is 18.6. The minimum absolute atomic E-state index is 0.152. The van der Waals surface area contributed by atoms with Crippen LogP contribution in [0.2, 0.25) is 0 Å². The van der Waals surface area contributed by atoms with Crippen molar-refractivity contribution in [2.75, 3.05) is 11.4 Å². The number of hydrogen-bond donors (Lipinski definition) is 1. The van der Waals surface area contributed by atoms with Crippen molar-refractivity contribution < 1.29 is 9.32 Å². The van der Waals surface area contributed by atoms with Gasteiger partial charge >= 0.3 is 0 Å². The van der Waals surface area contributed by atoms with E-state index in [1.807, 2.05) is 23.1 Å². The smallest absolute Gasteiger partial charge is 0.228 e. The van der Waals surface area contributed by atoms with Crippen molar-refractivity contribution in [2.24, 2.45) is 5.73 Å². The number of benzene rings is 1. The monoisotopic (exact) mass is 326 g/mol. The number of amides is 1. The molecular weight excluding hydrogens is 304 g/mol. The van der Waals surface area contributed by atoms with E-state index in [4.69, 9.17) is 10.3 Å². The lowest BCUT2D eigenvalue weighted by atomic mass is 9.99. The number of carbonyl (C=O) groups excluding carboxylic acids is 1. The summed E-state index contributed by atoms with van der Waals surface area (Å²) in [7, 11) is 0. The highest BCUT2D eigenvalue weighted by molar-refractivity contribution is 5.96. The lowest BCUT2D eigenvalue weighted by Crippen LogP contribution is -2.36. The number of aryl methyl sites for hydroxylation is 1. The van der Waals surface area contributed by atoms with Gasteiger partial charge < -0.3 is 15.2 Å². The molecule has 0 atom stereocenters. The quantitative estimate of drug-likeness (QED) is 0.932. The summed E-state index contributed by atoms with van der Waals surface area (Å²) in [5.74, 6) is 1.32. The summed E-state index contributed by atoms with van der Waals surface area (Å²) in [5.41, 5.74) is 8.15. The molecule has 1 aliphatic heterocycles. The fourth-order valence-corrected chi connectivity index (χ4v) is 3.74. The largest absolute Gasteiger partial charge is 0.339 e. The predicted molar refractivity (Wildman–Crippen MR) is 89.5 cm³/mol. The van der Waals surface area contributed by atoms with E-state index in [1.54, 1.807) is 0 Å². The van der Waals surface area contributed by atoms with Crippen LogP contribution in [0.4, 0.5) is 5.69 Å². The number of nitrogens with two attached hydrogens (primary N) is 1. The zero-order valence-electron chi connectivity index (χ0n) is 13.7. The first kappa shape index (κ1) is 15.3. The number of hydrogen-bond acceptors (Lipinski definition) is 5. The number of aromatic nitrogens is 2. The summed E-state index contributed by atoms with van der Waals surface area (Å²) in [6.07, 6.45) is 5.94. The molecule has 4 rings (SSSR count). The lowest BCUT2D eigenvalue weighted by molar-refractivity contribution is -0.118. The molecule has 0 unspecified atom stereocenters.